The van der Waals surface area contributed by atoms with Crippen LogP contribution in [0.2, 0.25) is 0 Å². The van der Waals surface area contributed by atoms with Crippen molar-refractivity contribution >= 4 is 40.5 Å². The highest BCUT2D eigenvalue weighted by Gasteiger charge is 2.34. The molecule has 0 atom stereocenters. The smallest absolute Gasteiger partial charge is 0.338 e. The molecule has 314 valence electrons. The van der Waals surface area contributed by atoms with E-state index in [4.69, 9.17) is 20.8 Å². The van der Waals surface area contributed by atoms with E-state index in [1.165, 1.54) is 56.2 Å². The molecule has 12 heteroatoms. The molecule has 0 N–H and O–H groups in total. The lowest BCUT2D eigenvalue weighted by molar-refractivity contribution is -0.384. The van der Waals surface area contributed by atoms with Crippen LogP contribution in [0.4, 0.5) is 5.69 Å². The largest absolute Gasteiger partial charge is 0.465 e. The Hall–Kier alpha value is -8.74. The van der Waals surface area contributed by atoms with Crippen LogP contribution >= 0.6 is 0 Å². The number of esters is 3. The van der Waals surface area contributed by atoms with Crippen molar-refractivity contribution in [1.82, 2.24) is 0 Å². The molecule has 6 aromatic rings. The van der Waals surface area contributed by atoms with Crippen molar-refractivity contribution in [2.24, 2.45) is 0 Å². The van der Waals surface area contributed by atoms with Crippen LogP contribution in [0.1, 0.15) is 88.7 Å². The molecular formula is C52H37N3O9. The predicted molar refractivity (Wildman–Crippen MR) is 240 cm³/mol. The van der Waals surface area contributed by atoms with Crippen LogP contribution in [-0.4, -0.2) is 49.9 Å². The van der Waals surface area contributed by atoms with Gasteiger partial charge in [-0.15, -0.1) is 0 Å². The SMILES string of the molecule is COC(=O)c1cc(C)cc2c1-c1ccc([N+](=O)[O-])cc1C2=O.COC(=O)c1cccc2c1-c1ccccc1C2=C(C)C.[C-]#[N+]/C(C#N)=C1/c2ccccc2-c2c(C(=O)OC)cccc21. The van der Waals surface area contributed by atoms with Crippen molar-refractivity contribution in [3.63, 3.8) is 0 Å². The lowest BCUT2D eigenvalue weighted by Crippen LogP contribution is -2.05. The summed E-state index contributed by atoms with van der Waals surface area (Å²) in [7, 11) is 4.02. The summed E-state index contributed by atoms with van der Waals surface area (Å²) in [4.78, 5) is 62.2. The fourth-order valence-corrected chi connectivity index (χ4v) is 8.44. The summed E-state index contributed by atoms with van der Waals surface area (Å²) in [6, 6.07) is 36.1. The number of aryl methyl sites for hydroxylation is 1. The highest BCUT2D eigenvalue weighted by molar-refractivity contribution is 6.24. The number of nitriles is 1. The molecule has 0 saturated heterocycles. The van der Waals surface area contributed by atoms with Gasteiger partial charge in [-0.25, -0.2) is 24.5 Å². The van der Waals surface area contributed by atoms with Crippen LogP contribution in [0.3, 0.4) is 0 Å². The molecule has 0 radical (unpaired) electrons. The van der Waals surface area contributed by atoms with E-state index >= 15 is 0 Å². The van der Waals surface area contributed by atoms with Crippen molar-refractivity contribution in [3.05, 3.63) is 204 Å². The molecule has 12 nitrogen and oxygen atoms in total. The Morgan fingerprint density at radius 1 is 0.594 bits per heavy atom. The van der Waals surface area contributed by atoms with E-state index in [1.54, 1.807) is 31.2 Å². The third kappa shape index (κ3) is 7.39. The number of methoxy groups -OCH3 is 3. The topological polar surface area (TPSA) is 167 Å². The van der Waals surface area contributed by atoms with E-state index in [-0.39, 0.29) is 28.7 Å². The molecule has 3 aliphatic carbocycles. The number of allylic oxidation sites excluding steroid dienone is 2. The summed E-state index contributed by atoms with van der Waals surface area (Å²) < 4.78 is 14.5. The summed E-state index contributed by atoms with van der Waals surface area (Å²) in [6.07, 6.45) is 0. The van der Waals surface area contributed by atoms with Gasteiger partial charge in [-0.3, -0.25) is 14.9 Å². The number of nitro groups is 1. The first-order valence-electron chi connectivity index (χ1n) is 19.7. The first-order chi connectivity index (χ1) is 30.8. The van der Waals surface area contributed by atoms with Gasteiger partial charge in [0.1, 0.15) is 0 Å². The first-order valence-corrected chi connectivity index (χ1v) is 19.7. The number of hydrogen-bond donors (Lipinski definition) is 0. The third-order valence-corrected chi connectivity index (χ3v) is 11.0. The average molecular weight is 848 g/mol. The number of rotatable bonds is 4. The van der Waals surface area contributed by atoms with Gasteiger partial charge < -0.3 is 14.2 Å². The van der Waals surface area contributed by atoms with Gasteiger partial charge >= 0.3 is 17.9 Å². The lowest BCUT2D eigenvalue weighted by atomic mass is 9.97. The molecule has 9 rings (SSSR count). The van der Waals surface area contributed by atoms with Crippen LogP contribution in [0, 0.1) is 34.9 Å². The molecule has 0 aliphatic heterocycles. The van der Waals surface area contributed by atoms with Crippen molar-refractivity contribution < 1.29 is 38.3 Å². The minimum absolute atomic E-state index is 0.0215. The van der Waals surface area contributed by atoms with Crippen LogP contribution in [0.15, 0.2) is 127 Å². The highest BCUT2D eigenvalue weighted by atomic mass is 16.6. The second-order valence-electron chi connectivity index (χ2n) is 14.9. The van der Waals surface area contributed by atoms with E-state index in [2.05, 4.69) is 36.9 Å². The normalized spacial score (nSPS) is 12.4. The Morgan fingerprint density at radius 3 is 1.53 bits per heavy atom. The summed E-state index contributed by atoms with van der Waals surface area (Å²) >= 11 is 0. The Labute approximate surface area is 368 Å². The third-order valence-electron chi connectivity index (χ3n) is 11.0. The number of fused-ring (bicyclic) bond motifs is 9. The molecular weight excluding hydrogens is 811 g/mol. The lowest BCUT2D eigenvalue weighted by Gasteiger charge is -2.08. The Bertz CT molecular complexity index is 3160. The van der Waals surface area contributed by atoms with Gasteiger partial charge in [0.15, 0.2) is 5.78 Å². The Morgan fingerprint density at radius 2 is 1.05 bits per heavy atom. The number of nitro benzene ring substituents is 1. The van der Waals surface area contributed by atoms with E-state index < -0.39 is 16.9 Å². The summed E-state index contributed by atoms with van der Waals surface area (Å²) in [5, 5.41) is 20.1. The molecule has 0 unspecified atom stereocenters. The Kier molecular flexibility index (Phi) is 12.0. The minimum atomic E-state index is -0.553. The van der Waals surface area contributed by atoms with Crippen LogP contribution in [-0.2, 0) is 14.2 Å². The van der Waals surface area contributed by atoms with Gasteiger partial charge in [-0.05, 0) is 101 Å². The monoisotopic (exact) mass is 847 g/mol. The quantitative estimate of drug-likeness (QED) is 0.0415. The standard InChI is InChI=1S/C18H10N2O2.C18H16O2.C16H11NO5/c1-20-15(10-19)17-12-7-4-3-6-11(12)16-13(17)8-5-9-14(16)18(21)22-2;1-11(2)16-12-7-4-5-8-13(12)17-14(16)9-6-10-15(17)18(19)20-3;1-8-5-12-14(13(6-8)16(19)22-2)10-4-3-9(17(20)21)7-11(10)15(12)18/h3-9H,2H3;4-10H,1-3H3;3-7H,1-2H3/b17-15-;;. The number of carbonyl (C=O) groups is 4. The van der Waals surface area contributed by atoms with Crippen molar-refractivity contribution in [2.75, 3.05) is 21.3 Å². The number of ketones is 1. The van der Waals surface area contributed by atoms with Gasteiger partial charge in [-0.2, -0.15) is 0 Å². The molecule has 0 saturated carbocycles. The number of non-ortho nitro benzene ring substituents is 1. The molecule has 0 aromatic heterocycles. The molecule has 64 heavy (non-hydrogen) atoms. The number of ether oxygens (including phenoxy) is 3. The molecule has 6 aromatic carbocycles. The minimum Gasteiger partial charge on any atom is -0.465 e. The summed E-state index contributed by atoms with van der Waals surface area (Å²) in [6.45, 7) is 13.2. The molecule has 0 spiro atoms. The molecule has 3 aliphatic rings. The van der Waals surface area contributed by atoms with E-state index in [1.807, 2.05) is 60.7 Å². The number of carbonyl (C=O) groups excluding carboxylic acids is 4. The first kappa shape index (κ1) is 43.4. The fraction of sp³-hybridized carbons (Fsp3) is 0.115. The predicted octanol–water partition coefficient (Wildman–Crippen LogP) is 10.9. The zero-order valence-electron chi connectivity index (χ0n) is 35.5. The van der Waals surface area contributed by atoms with Gasteiger partial charge in [-0.1, -0.05) is 78.4 Å². The van der Waals surface area contributed by atoms with Crippen LogP contribution < -0.4 is 0 Å². The number of nitrogens with zero attached hydrogens (tertiary/aromatic N) is 3. The molecule has 0 amide bonds. The molecule has 0 bridgehead atoms. The number of hydrogen-bond acceptors (Lipinski definition) is 10. The zero-order chi connectivity index (χ0) is 46.0. The van der Waals surface area contributed by atoms with E-state index in [9.17, 15) is 34.6 Å². The highest BCUT2D eigenvalue weighted by Crippen LogP contribution is 2.49. The van der Waals surface area contributed by atoms with Gasteiger partial charge in [0.25, 0.3) is 11.4 Å². The molecule has 0 heterocycles. The number of benzene rings is 6. The summed E-state index contributed by atoms with van der Waals surface area (Å²) in [5.74, 6) is -1.58. The van der Waals surface area contributed by atoms with Gasteiger partial charge in [0.05, 0.1) is 55.6 Å². The maximum absolute atomic E-state index is 12.5. The average Bonchev–Trinajstić information content (AvgIpc) is 3.94. The van der Waals surface area contributed by atoms with Crippen molar-refractivity contribution in [1.29, 1.82) is 5.26 Å². The van der Waals surface area contributed by atoms with Gasteiger partial charge in [0.2, 0.25) is 0 Å². The van der Waals surface area contributed by atoms with Crippen molar-refractivity contribution in [3.8, 4) is 39.4 Å². The maximum Gasteiger partial charge on any atom is 0.338 e. The maximum atomic E-state index is 12.5. The van der Waals surface area contributed by atoms with Crippen LogP contribution in [0.5, 0.6) is 0 Å². The van der Waals surface area contributed by atoms with Crippen molar-refractivity contribution in [2.45, 2.75) is 20.8 Å². The van der Waals surface area contributed by atoms with Gasteiger partial charge in [0, 0.05) is 45.5 Å². The second-order valence-corrected chi connectivity index (χ2v) is 14.9. The summed E-state index contributed by atoms with van der Waals surface area (Å²) in [5.41, 5.74) is 14.1. The second kappa shape index (κ2) is 17.7. The fourth-order valence-electron chi connectivity index (χ4n) is 8.44. The zero-order valence-corrected chi connectivity index (χ0v) is 35.5. The Balaban J connectivity index is 0.000000144. The van der Waals surface area contributed by atoms with Crippen LogP contribution in [0.25, 0.3) is 49.4 Å². The molecule has 0 fully saturated rings. The van der Waals surface area contributed by atoms with E-state index in [0.29, 0.717) is 39.0 Å². The van der Waals surface area contributed by atoms with E-state index in [0.717, 1.165) is 44.5 Å².